The van der Waals surface area contributed by atoms with Crippen molar-refractivity contribution >= 4 is 27.5 Å². The highest BCUT2D eigenvalue weighted by Gasteiger charge is 2.30. The Hall–Kier alpha value is -3.96. The third kappa shape index (κ3) is 5.45. The van der Waals surface area contributed by atoms with Crippen LogP contribution in [0.25, 0.3) is 21.5 Å². The van der Waals surface area contributed by atoms with Gasteiger partial charge in [-0.15, -0.1) is 0 Å². The van der Waals surface area contributed by atoms with Gasteiger partial charge in [0.15, 0.2) is 0 Å². The van der Waals surface area contributed by atoms with Crippen molar-refractivity contribution in [3.05, 3.63) is 114 Å². The topological polar surface area (TPSA) is 41.4 Å². The van der Waals surface area contributed by atoms with Crippen molar-refractivity contribution in [1.82, 2.24) is 19.4 Å². The molecule has 1 aliphatic heterocycles. The number of hydrogen-bond acceptors (Lipinski definition) is 3. The number of carbonyl (C=O) groups is 1. The normalized spacial score (nSPS) is 16.2. The lowest BCUT2D eigenvalue weighted by molar-refractivity contribution is 0.0429. The predicted octanol–water partition coefficient (Wildman–Crippen LogP) is 6.75. The van der Waals surface area contributed by atoms with Crippen LogP contribution in [0.5, 0.6) is 0 Å². The van der Waals surface area contributed by atoms with Gasteiger partial charge < -0.3 is 9.47 Å². The summed E-state index contributed by atoms with van der Waals surface area (Å²) in [6.07, 6.45) is 7.36. The summed E-state index contributed by atoms with van der Waals surface area (Å²) in [4.78, 5) is 22.9. The van der Waals surface area contributed by atoms with Crippen molar-refractivity contribution < 1.29 is 4.79 Å². The number of rotatable bonds is 8. The quantitative estimate of drug-likeness (QED) is 0.229. The number of imidazole rings is 1. The van der Waals surface area contributed by atoms with E-state index in [1.807, 2.05) is 36.8 Å². The molecule has 1 aromatic heterocycles. The van der Waals surface area contributed by atoms with Crippen LogP contribution in [0.1, 0.15) is 47.8 Å². The van der Waals surface area contributed by atoms with Crippen LogP contribution in [0, 0.1) is 0 Å². The molecule has 1 fully saturated rings. The zero-order chi connectivity index (χ0) is 26.6. The maximum Gasteiger partial charge on any atom is 0.254 e. The van der Waals surface area contributed by atoms with Crippen LogP contribution < -0.4 is 0 Å². The van der Waals surface area contributed by atoms with Crippen LogP contribution in [0.15, 0.2) is 97.5 Å². The van der Waals surface area contributed by atoms with Gasteiger partial charge in [0.25, 0.3) is 5.91 Å². The molecule has 0 saturated carbocycles. The Balaban J connectivity index is 1.18. The Morgan fingerprint density at radius 3 is 2.54 bits per heavy atom. The molecular formula is C34H36N4O. The highest BCUT2D eigenvalue weighted by Crippen LogP contribution is 2.24. The molecular weight excluding hydrogens is 480 g/mol. The maximum atomic E-state index is 13.7. The molecule has 5 aromatic rings. The van der Waals surface area contributed by atoms with E-state index in [4.69, 9.17) is 0 Å². The maximum absolute atomic E-state index is 13.7. The lowest BCUT2D eigenvalue weighted by Crippen LogP contribution is -2.54. The first kappa shape index (κ1) is 25.3. The molecule has 0 aliphatic carbocycles. The first-order chi connectivity index (χ1) is 19.2. The van der Waals surface area contributed by atoms with Gasteiger partial charge in [-0.25, -0.2) is 4.98 Å². The second-order valence-corrected chi connectivity index (χ2v) is 10.7. The number of nitrogens with zero attached hydrogens (tertiary/aromatic N) is 4. The molecule has 198 valence electrons. The standard InChI is InChI=1S/C34H36N4O/c1-2-3-13-30-23-37(34(39)33-15-8-12-28-10-6-7-14-32(28)33)19-18-36(30)24-31-21-35-25-38(31)22-26-16-17-27-9-4-5-11-29(27)20-26/h4-12,14-17,20-21,25,30H,2-3,13,18-19,22-24H2,1H3/t30-/m0/s1. The van der Waals surface area contributed by atoms with E-state index >= 15 is 0 Å². The van der Waals surface area contributed by atoms with Gasteiger partial charge in [-0.1, -0.05) is 92.6 Å². The van der Waals surface area contributed by atoms with Crippen molar-refractivity contribution in [2.24, 2.45) is 0 Å². The first-order valence-corrected chi connectivity index (χ1v) is 14.2. The van der Waals surface area contributed by atoms with Crippen molar-refractivity contribution in [3.8, 4) is 0 Å². The van der Waals surface area contributed by atoms with Crippen molar-refractivity contribution in [2.45, 2.75) is 45.3 Å². The Labute approximate surface area is 230 Å². The average molecular weight is 517 g/mol. The van der Waals surface area contributed by atoms with Crippen LogP contribution in [0.4, 0.5) is 0 Å². The molecule has 2 heterocycles. The summed E-state index contributed by atoms with van der Waals surface area (Å²) in [6.45, 7) is 6.26. The van der Waals surface area contributed by atoms with Crippen molar-refractivity contribution in [1.29, 1.82) is 0 Å². The monoisotopic (exact) mass is 516 g/mol. The fourth-order valence-corrected chi connectivity index (χ4v) is 5.95. The second kappa shape index (κ2) is 11.4. The zero-order valence-corrected chi connectivity index (χ0v) is 22.7. The molecule has 5 heteroatoms. The van der Waals surface area contributed by atoms with Crippen LogP contribution in [-0.4, -0.2) is 50.9 Å². The Morgan fingerprint density at radius 2 is 1.67 bits per heavy atom. The summed E-state index contributed by atoms with van der Waals surface area (Å²) in [7, 11) is 0. The van der Waals surface area contributed by atoms with E-state index in [0.717, 1.165) is 68.3 Å². The number of carbonyl (C=O) groups excluding carboxylic acids is 1. The van der Waals surface area contributed by atoms with Crippen LogP contribution in [-0.2, 0) is 13.1 Å². The summed E-state index contributed by atoms with van der Waals surface area (Å²) in [5, 5.41) is 4.68. The molecule has 5 nitrogen and oxygen atoms in total. The molecule has 6 rings (SSSR count). The summed E-state index contributed by atoms with van der Waals surface area (Å²) in [5.74, 6) is 0.147. The Kier molecular flexibility index (Phi) is 7.42. The largest absolute Gasteiger partial charge is 0.336 e. The fourth-order valence-electron chi connectivity index (χ4n) is 5.95. The molecule has 1 saturated heterocycles. The van der Waals surface area contributed by atoms with E-state index in [2.05, 4.69) is 86.9 Å². The van der Waals surface area contributed by atoms with Crippen molar-refractivity contribution in [2.75, 3.05) is 19.6 Å². The predicted molar refractivity (Wildman–Crippen MR) is 159 cm³/mol. The molecule has 1 atom stereocenters. The van der Waals surface area contributed by atoms with Gasteiger partial charge in [-0.2, -0.15) is 0 Å². The average Bonchev–Trinajstić information content (AvgIpc) is 3.42. The molecule has 0 unspecified atom stereocenters. The minimum absolute atomic E-state index is 0.147. The van der Waals surface area contributed by atoms with E-state index in [0.29, 0.717) is 6.04 Å². The smallest absolute Gasteiger partial charge is 0.254 e. The van der Waals surface area contributed by atoms with E-state index in [1.54, 1.807) is 0 Å². The lowest BCUT2D eigenvalue weighted by atomic mass is 10.0. The van der Waals surface area contributed by atoms with Gasteiger partial charge in [-0.05, 0) is 45.7 Å². The number of benzene rings is 4. The minimum atomic E-state index is 0.147. The molecule has 1 aliphatic rings. The Bertz CT molecular complexity index is 1580. The van der Waals surface area contributed by atoms with Crippen molar-refractivity contribution in [3.63, 3.8) is 0 Å². The molecule has 0 bridgehead atoms. The number of fused-ring (bicyclic) bond motifs is 2. The summed E-state index contributed by atoms with van der Waals surface area (Å²) in [5.41, 5.74) is 3.31. The third-order valence-corrected chi connectivity index (χ3v) is 8.13. The van der Waals surface area contributed by atoms with E-state index < -0.39 is 0 Å². The van der Waals surface area contributed by atoms with Gasteiger partial charge in [0, 0.05) is 50.5 Å². The van der Waals surface area contributed by atoms with E-state index in [-0.39, 0.29) is 5.91 Å². The molecule has 4 aromatic carbocycles. The van der Waals surface area contributed by atoms with Gasteiger partial charge in [0.2, 0.25) is 0 Å². The van der Waals surface area contributed by atoms with Crippen LogP contribution in [0.3, 0.4) is 0 Å². The SMILES string of the molecule is CCCC[C@H]1CN(C(=O)c2cccc3ccccc23)CCN1Cc1cncn1Cc1ccc2ccccc2c1. The van der Waals surface area contributed by atoms with Gasteiger partial charge >= 0.3 is 0 Å². The van der Waals surface area contributed by atoms with Gasteiger partial charge in [0.1, 0.15) is 0 Å². The molecule has 39 heavy (non-hydrogen) atoms. The number of hydrogen-bond donors (Lipinski definition) is 0. The lowest BCUT2D eigenvalue weighted by Gasteiger charge is -2.41. The molecule has 0 spiro atoms. The number of piperazine rings is 1. The third-order valence-electron chi connectivity index (χ3n) is 8.13. The molecule has 1 amide bonds. The number of aromatic nitrogens is 2. The van der Waals surface area contributed by atoms with Gasteiger partial charge in [0.05, 0.1) is 12.0 Å². The molecule has 0 N–H and O–H groups in total. The van der Waals surface area contributed by atoms with Crippen LogP contribution >= 0.6 is 0 Å². The summed E-state index contributed by atoms with van der Waals surface area (Å²) in [6, 6.07) is 29.8. The zero-order valence-electron chi connectivity index (χ0n) is 22.7. The number of unbranched alkanes of at least 4 members (excludes halogenated alkanes) is 1. The fraction of sp³-hybridized carbons (Fsp3) is 0.294. The summed E-state index contributed by atoms with van der Waals surface area (Å²) < 4.78 is 2.27. The molecule has 0 radical (unpaired) electrons. The first-order valence-electron chi connectivity index (χ1n) is 14.2. The van der Waals surface area contributed by atoms with E-state index in [9.17, 15) is 4.79 Å². The van der Waals surface area contributed by atoms with E-state index in [1.165, 1.54) is 22.0 Å². The highest BCUT2D eigenvalue weighted by molar-refractivity contribution is 6.07. The second-order valence-electron chi connectivity index (χ2n) is 10.7. The number of amides is 1. The van der Waals surface area contributed by atoms with Crippen LogP contribution in [0.2, 0.25) is 0 Å². The highest BCUT2D eigenvalue weighted by atomic mass is 16.2. The van der Waals surface area contributed by atoms with Gasteiger partial charge in [-0.3, -0.25) is 9.69 Å². The Morgan fingerprint density at radius 1 is 0.872 bits per heavy atom. The summed E-state index contributed by atoms with van der Waals surface area (Å²) >= 11 is 0. The minimum Gasteiger partial charge on any atom is -0.336 e.